The standard InChI is InChI=1S/C23H29N3O3S/c1-5-25-15-21(20-8-10-24-13-22(20)25)18-9-11-26(14-18)30(27,28)23-7-6-19(12-17(23)4)29-16(2)3/h6-8,10,12-13,15-16,18H,5,9,11,14H2,1-4H3. The molecule has 3 heterocycles. The van der Waals surface area contributed by atoms with E-state index in [0.717, 1.165) is 18.5 Å². The number of aryl methyl sites for hydroxylation is 2. The van der Waals surface area contributed by atoms with E-state index in [9.17, 15) is 8.42 Å². The summed E-state index contributed by atoms with van der Waals surface area (Å²) in [7, 11) is -3.55. The van der Waals surface area contributed by atoms with E-state index in [1.165, 1.54) is 10.9 Å². The molecule has 6 nitrogen and oxygen atoms in total. The molecule has 1 aromatic carbocycles. The maximum Gasteiger partial charge on any atom is 0.243 e. The van der Waals surface area contributed by atoms with Gasteiger partial charge in [-0.05, 0) is 69.5 Å². The van der Waals surface area contributed by atoms with Gasteiger partial charge in [-0.1, -0.05) is 0 Å². The zero-order chi connectivity index (χ0) is 21.5. The van der Waals surface area contributed by atoms with Crippen LogP contribution in [0.1, 0.15) is 44.2 Å². The van der Waals surface area contributed by atoms with E-state index >= 15 is 0 Å². The fraction of sp³-hybridized carbons (Fsp3) is 0.435. The third-order valence-electron chi connectivity index (χ3n) is 5.78. The first-order valence-corrected chi connectivity index (χ1v) is 12.0. The van der Waals surface area contributed by atoms with Gasteiger partial charge in [0, 0.05) is 43.3 Å². The highest BCUT2D eigenvalue weighted by atomic mass is 32.2. The lowest BCUT2D eigenvalue weighted by Crippen LogP contribution is -2.29. The molecular formula is C23H29N3O3S. The summed E-state index contributed by atoms with van der Waals surface area (Å²) in [6.45, 7) is 9.73. The average molecular weight is 428 g/mol. The maximum absolute atomic E-state index is 13.4. The normalized spacial score (nSPS) is 17.8. The molecule has 7 heteroatoms. The van der Waals surface area contributed by atoms with Crippen LogP contribution in [0.5, 0.6) is 5.75 Å². The van der Waals surface area contributed by atoms with Gasteiger partial charge in [0.25, 0.3) is 0 Å². The third kappa shape index (κ3) is 3.72. The van der Waals surface area contributed by atoms with Gasteiger partial charge in [-0.25, -0.2) is 8.42 Å². The summed E-state index contributed by atoms with van der Waals surface area (Å²) >= 11 is 0. The van der Waals surface area contributed by atoms with Crippen LogP contribution in [0.15, 0.2) is 47.8 Å². The predicted octanol–water partition coefficient (Wildman–Crippen LogP) is 4.33. The minimum atomic E-state index is -3.55. The Morgan fingerprint density at radius 3 is 2.77 bits per heavy atom. The average Bonchev–Trinajstić information content (AvgIpc) is 3.32. The number of aromatic nitrogens is 2. The monoisotopic (exact) mass is 427 g/mol. The third-order valence-corrected chi connectivity index (χ3v) is 7.81. The van der Waals surface area contributed by atoms with Crippen LogP contribution in [-0.2, 0) is 16.6 Å². The lowest BCUT2D eigenvalue weighted by Gasteiger charge is -2.19. The van der Waals surface area contributed by atoms with Crippen LogP contribution in [0, 0.1) is 6.92 Å². The molecule has 0 bridgehead atoms. The van der Waals surface area contributed by atoms with Crippen LogP contribution in [-0.4, -0.2) is 41.5 Å². The van der Waals surface area contributed by atoms with Crippen LogP contribution in [0.2, 0.25) is 0 Å². The van der Waals surface area contributed by atoms with E-state index in [-0.39, 0.29) is 12.0 Å². The van der Waals surface area contributed by atoms with Crippen LogP contribution >= 0.6 is 0 Å². The molecular weight excluding hydrogens is 398 g/mol. The molecule has 1 atom stereocenters. The largest absolute Gasteiger partial charge is 0.491 e. The summed E-state index contributed by atoms with van der Waals surface area (Å²) in [4.78, 5) is 4.61. The highest BCUT2D eigenvalue weighted by molar-refractivity contribution is 7.89. The van der Waals surface area contributed by atoms with Crippen molar-refractivity contribution < 1.29 is 13.2 Å². The summed E-state index contributed by atoms with van der Waals surface area (Å²) in [5.74, 6) is 0.878. The van der Waals surface area contributed by atoms with Gasteiger partial charge >= 0.3 is 0 Å². The number of benzene rings is 1. The quantitative estimate of drug-likeness (QED) is 0.587. The summed E-state index contributed by atoms with van der Waals surface area (Å²) in [5.41, 5.74) is 3.03. The lowest BCUT2D eigenvalue weighted by atomic mass is 9.98. The van der Waals surface area contributed by atoms with Crippen molar-refractivity contribution in [2.24, 2.45) is 0 Å². The first kappa shape index (κ1) is 20.9. The Labute approximate surface area is 178 Å². The number of rotatable bonds is 6. The summed E-state index contributed by atoms with van der Waals surface area (Å²) in [6.07, 6.45) is 6.72. The molecule has 1 aliphatic rings. The van der Waals surface area contributed by atoms with Crippen molar-refractivity contribution >= 4 is 20.9 Å². The number of hydrogen-bond donors (Lipinski definition) is 0. The molecule has 2 aromatic heterocycles. The van der Waals surface area contributed by atoms with Gasteiger partial charge in [-0.3, -0.25) is 4.98 Å². The molecule has 0 N–H and O–H groups in total. The zero-order valence-corrected chi connectivity index (χ0v) is 18.8. The Hall–Kier alpha value is -2.38. The van der Waals surface area contributed by atoms with Crippen LogP contribution in [0.3, 0.4) is 0 Å². The molecule has 1 saturated heterocycles. The van der Waals surface area contributed by atoms with Crippen molar-refractivity contribution in [2.75, 3.05) is 13.1 Å². The highest BCUT2D eigenvalue weighted by Crippen LogP contribution is 2.36. The van der Waals surface area contributed by atoms with Gasteiger partial charge in [0.2, 0.25) is 10.0 Å². The zero-order valence-electron chi connectivity index (χ0n) is 18.0. The van der Waals surface area contributed by atoms with Crippen molar-refractivity contribution in [3.05, 3.63) is 54.0 Å². The number of hydrogen-bond acceptors (Lipinski definition) is 4. The Balaban J connectivity index is 1.60. The molecule has 30 heavy (non-hydrogen) atoms. The summed E-state index contributed by atoms with van der Waals surface area (Å²) in [5, 5.41) is 1.17. The van der Waals surface area contributed by atoms with E-state index in [1.807, 2.05) is 39.1 Å². The van der Waals surface area contributed by atoms with Crippen molar-refractivity contribution in [2.45, 2.75) is 57.6 Å². The van der Waals surface area contributed by atoms with Crippen LogP contribution in [0.4, 0.5) is 0 Å². The molecule has 0 spiro atoms. The minimum absolute atomic E-state index is 0.0478. The van der Waals surface area contributed by atoms with E-state index in [0.29, 0.717) is 29.3 Å². The Morgan fingerprint density at radius 1 is 1.27 bits per heavy atom. The molecule has 3 aromatic rings. The first-order valence-electron chi connectivity index (χ1n) is 10.5. The maximum atomic E-state index is 13.4. The molecule has 4 rings (SSSR count). The molecule has 1 aliphatic heterocycles. The second-order valence-corrected chi connectivity index (χ2v) is 10.1. The Bertz CT molecular complexity index is 1170. The van der Waals surface area contributed by atoms with Crippen molar-refractivity contribution in [1.82, 2.24) is 13.9 Å². The number of nitrogens with zero attached hydrogens (tertiary/aromatic N) is 3. The fourth-order valence-electron chi connectivity index (χ4n) is 4.35. The lowest BCUT2D eigenvalue weighted by molar-refractivity contribution is 0.242. The molecule has 160 valence electrons. The van der Waals surface area contributed by atoms with Gasteiger partial charge < -0.3 is 9.30 Å². The number of fused-ring (bicyclic) bond motifs is 1. The minimum Gasteiger partial charge on any atom is -0.491 e. The molecule has 0 saturated carbocycles. The smallest absolute Gasteiger partial charge is 0.243 e. The van der Waals surface area contributed by atoms with Crippen molar-refractivity contribution in [3.63, 3.8) is 0 Å². The second-order valence-electron chi connectivity index (χ2n) is 8.21. The van der Waals surface area contributed by atoms with E-state index < -0.39 is 10.0 Å². The van der Waals surface area contributed by atoms with Gasteiger partial charge in [0.1, 0.15) is 5.75 Å². The SMILES string of the molecule is CCn1cc(C2CCN(S(=O)(=O)c3ccc(OC(C)C)cc3C)C2)c2ccncc21. The highest BCUT2D eigenvalue weighted by Gasteiger charge is 2.35. The molecule has 1 unspecified atom stereocenters. The van der Waals surface area contributed by atoms with Crippen molar-refractivity contribution in [3.8, 4) is 5.75 Å². The Morgan fingerprint density at radius 2 is 2.07 bits per heavy atom. The first-order chi connectivity index (χ1) is 14.3. The van der Waals surface area contributed by atoms with Crippen LogP contribution < -0.4 is 4.74 Å². The van der Waals surface area contributed by atoms with Crippen molar-refractivity contribution in [1.29, 1.82) is 0 Å². The van der Waals surface area contributed by atoms with E-state index in [1.54, 1.807) is 22.6 Å². The van der Waals surface area contributed by atoms with Gasteiger partial charge in [-0.2, -0.15) is 4.31 Å². The van der Waals surface area contributed by atoms with Gasteiger partial charge in [0.15, 0.2) is 0 Å². The summed E-state index contributed by atoms with van der Waals surface area (Å²) in [6, 6.07) is 7.26. The predicted molar refractivity (Wildman–Crippen MR) is 118 cm³/mol. The summed E-state index contributed by atoms with van der Waals surface area (Å²) < 4.78 is 36.2. The van der Waals surface area contributed by atoms with E-state index in [4.69, 9.17) is 4.74 Å². The second kappa shape index (κ2) is 8.04. The molecule has 0 amide bonds. The number of sulfonamides is 1. The molecule has 0 aliphatic carbocycles. The topological polar surface area (TPSA) is 64.4 Å². The fourth-order valence-corrected chi connectivity index (χ4v) is 6.06. The molecule has 0 radical (unpaired) electrons. The number of ether oxygens (including phenoxy) is 1. The van der Waals surface area contributed by atoms with Crippen LogP contribution in [0.25, 0.3) is 10.9 Å². The molecule has 1 fully saturated rings. The van der Waals surface area contributed by atoms with Gasteiger partial charge in [-0.15, -0.1) is 0 Å². The van der Waals surface area contributed by atoms with Gasteiger partial charge in [0.05, 0.1) is 22.7 Å². The Kier molecular flexibility index (Phi) is 5.59. The van der Waals surface area contributed by atoms with E-state index in [2.05, 4.69) is 22.7 Å². The number of pyridine rings is 1.